The molecule has 0 N–H and O–H groups in total. The quantitative estimate of drug-likeness (QED) is 0.236. The van der Waals surface area contributed by atoms with Crippen molar-refractivity contribution in [3.63, 3.8) is 0 Å². The largest absolute Gasteiger partial charge is 0.396 e. The molecule has 2 nitrogen and oxygen atoms in total. The molecule has 21 heavy (non-hydrogen) atoms. The topological polar surface area (TPSA) is 21.6 Å². The molecule has 0 fully saturated rings. The first-order valence-electron chi connectivity index (χ1n) is 8.49. The van der Waals surface area contributed by atoms with Gasteiger partial charge in [-0.1, -0.05) is 56.5 Å². The maximum Gasteiger partial charge on any atom is 0.117 e. The van der Waals surface area contributed by atoms with E-state index in [-0.39, 0.29) is 0 Å². The van der Waals surface area contributed by atoms with Gasteiger partial charge in [0, 0.05) is 5.92 Å². The van der Waals surface area contributed by atoms with E-state index in [4.69, 9.17) is 4.84 Å². The predicted octanol–water partition coefficient (Wildman–Crippen LogP) is 5.90. The van der Waals surface area contributed by atoms with Crippen molar-refractivity contribution in [2.24, 2.45) is 16.5 Å². The number of oxime groups is 1. The number of nitrogens with zero attached hydrogens (tertiary/aromatic N) is 1. The summed E-state index contributed by atoms with van der Waals surface area (Å²) < 4.78 is 0. The molecule has 1 aliphatic rings. The van der Waals surface area contributed by atoms with E-state index in [0.29, 0.717) is 11.3 Å². The minimum Gasteiger partial charge on any atom is -0.396 e. The first kappa shape index (κ1) is 18.0. The number of hydrogen-bond acceptors (Lipinski definition) is 2. The second kappa shape index (κ2) is 9.07. The molecular weight excluding hydrogens is 258 g/mol. The number of allylic oxidation sites excluding steroid dienone is 4. The van der Waals surface area contributed by atoms with E-state index >= 15 is 0 Å². The molecule has 0 saturated heterocycles. The van der Waals surface area contributed by atoms with E-state index in [2.05, 4.69) is 51.1 Å². The van der Waals surface area contributed by atoms with Crippen molar-refractivity contribution in [3.05, 3.63) is 23.8 Å². The first-order valence-corrected chi connectivity index (χ1v) is 8.49. The zero-order valence-corrected chi connectivity index (χ0v) is 14.6. The highest BCUT2D eigenvalue weighted by Gasteiger charge is 2.30. The Hall–Kier alpha value is -1.05. The third kappa shape index (κ3) is 6.50. The second-order valence-electron chi connectivity index (χ2n) is 6.94. The minimum atomic E-state index is 0.344. The number of unbranched alkanes of at least 4 members (excludes halogenated alkanes) is 3. The second-order valence-corrected chi connectivity index (χ2v) is 6.94. The van der Waals surface area contributed by atoms with Crippen LogP contribution < -0.4 is 0 Å². The molecule has 1 aliphatic carbocycles. The van der Waals surface area contributed by atoms with Crippen molar-refractivity contribution in [2.45, 2.75) is 73.1 Å². The lowest BCUT2D eigenvalue weighted by Gasteiger charge is -2.36. The van der Waals surface area contributed by atoms with Crippen molar-refractivity contribution < 1.29 is 4.84 Å². The van der Waals surface area contributed by atoms with Crippen molar-refractivity contribution in [1.29, 1.82) is 0 Å². The van der Waals surface area contributed by atoms with Gasteiger partial charge < -0.3 is 4.84 Å². The Balaban J connectivity index is 2.43. The van der Waals surface area contributed by atoms with Gasteiger partial charge in [0.05, 0.1) is 5.71 Å². The summed E-state index contributed by atoms with van der Waals surface area (Å²) in [4.78, 5) is 5.38. The van der Waals surface area contributed by atoms with Gasteiger partial charge in [0.2, 0.25) is 0 Å². The molecule has 0 radical (unpaired) electrons. The van der Waals surface area contributed by atoms with Crippen LogP contribution in [0.25, 0.3) is 0 Å². The Morgan fingerprint density at radius 2 is 2.14 bits per heavy atom. The van der Waals surface area contributed by atoms with E-state index < -0.39 is 0 Å². The average molecular weight is 291 g/mol. The van der Waals surface area contributed by atoms with Crippen LogP contribution in [0.5, 0.6) is 0 Å². The van der Waals surface area contributed by atoms with Crippen molar-refractivity contribution >= 4 is 5.71 Å². The first-order chi connectivity index (χ1) is 9.97. The minimum absolute atomic E-state index is 0.344. The van der Waals surface area contributed by atoms with Crippen molar-refractivity contribution in [3.8, 4) is 0 Å². The third-order valence-corrected chi connectivity index (χ3v) is 4.42. The zero-order valence-electron chi connectivity index (χ0n) is 14.6. The van der Waals surface area contributed by atoms with Crippen molar-refractivity contribution in [1.82, 2.24) is 0 Å². The summed E-state index contributed by atoms with van der Waals surface area (Å²) in [6.45, 7) is 11.9. The van der Waals surface area contributed by atoms with E-state index in [1.807, 2.05) is 6.92 Å². The summed E-state index contributed by atoms with van der Waals surface area (Å²) in [5, 5.41) is 4.19. The average Bonchev–Trinajstić information content (AvgIpc) is 2.41. The number of rotatable bonds is 8. The molecule has 0 spiro atoms. The molecule has 0 heterocycles. The highest BCUT2D eigenvalue weighted by Crippen LogP contribution is 2.41. The molecule has 0 saturated carbocycles. The fraction of sp³-hybridized carbons (Fsp3) is 0.737. The summed E-state index contributed by atoms with van der Waals surface area (Å²) in [5.41, 5.74) is 2.78. The SMILES string of the molecule is CCCCCCO/N=C(C)\C=C\C1C(C)=CCCC1(C)C. The summed E-state index contributed by atoms with van der Waals surface area (Å²) >= 11 is 0. The third-order valence-electron chi connectivity index (χ3n) is 4.42. The molecule has 0 amide bonds. The molecular formula is C19H33NO. The maximum atomic E-state index is 5.38. The highest BCUT2D eigenvalue weighted by molar-refractivity contribution is 5.92. The summed E-state index contributed by atoms with van der Waals surface area (Å²) in [6, 6.07) is 0. The lowest BCUT2D eigenvalue weighted by molar-refractivity contribution is 0.140. The van der Waals surface area contributed by atoms with Gasteiger partial charge in [-0.05, 0) is 51.0 Å². The molecule has 2 heteroatoms. The summed E-state index contributed by atoms with van der Waals surface area (Å²) in [6.07, 6.45) is 14.1. The van der Waals surface area contributed by atoms with Gasteiger partial charge in [-0.3, -0.25) is 0 Å². The lowest BCUT2D eigenvalue weighted by atomic mass is 9.68. The van der Waals surface area contributed by atoms with Gasteiger partial charge in [-0.2, -0.15) is 0 Å². The van der Waals surface area contributed by atoms with Crippen LogP contribution in [0.3, 0.4) is 0 Å². The van der Waals surface area contributed by atoms with Crippen LogP contribution in [0.2, 0.25) is 0 Å². The van der Waals surface area contributed by atoms with E-state index in [0.717, 1.165) is 18.7 Å². The van der Waals surface area contributed by atoms with E-state index in [1.54, 1.807) is 0 Å². The fourth-order valence-corrected chi connectivity index (χ4v) is 2.99. The zero-order chi connectivity index (χ0) is 15.7. The van der Waals surface area contributed by atoms with E-state index in [1.165, 1.54) is 37.7 Å². The van der Waals surface area contributed by atoms with Crippen LogP contribution in [-0.2, 0) is 4.84 Å². The molecule has 0 bridgehead atoms. The van der Waals surface area contributed by atoms with Gasteiger partial charge >= 0.3 is 0 Å². The maximum absolute atomic E-state index is 5.38. The van der Waals surface area contributed by atoms with Crippen molar-refractivity contribution in [2.75, 3.05) is 6.61 Å². The normalized spacial score (nSPS) is 22.4. The molecule has 0 aliphatic heterocycles. The Kier molecular flexibility index (Phi) is 7.77. The van der Waals surface area contributed by atoms with Crippen LogP contribution in [0, 0.1) is 11.3 Å². The monoisotopic (exact) mass is 291 g/mol. The molecule has 120 valence electrons. The lowest BCUT2D eigenvalue weighted by Crippen LogP contribution is -2.26. The molecule has 0 aromatic rings. The Morgan fingerprint density at radius 1 is 1.38 bits per heavy atom. The molecule has 0 aromatic carbocycles. The Labute approximate surface area is 131 Å². The number of hydrogen-bond donors (Lipinski definition) is 0. The molecule has 0 aromatic heterocycles. The smallest absolute Gasteiger partial charge is 0.117 e. The van der Waals surface area contributed by atoms with Gasteiger partial charge in [-0.15, -0.1) is 0 Å². The predicted molar refractivity (Wildman–Crippen MR) is 92.6 cm³/mol. The Morgan fingerprint density at radius 3 is 2.81 bits per heavy atom. The van der Waals surface area contributed by atoms with Gasteiger partial charge in [-0.25, -0.2) is 0 Å². The van der Waals surface area contributed by atoms with Gasteiger partial charge in [0.1, 0.15) is 6.61 Å². The van der Waals surface area contributed by atoms with Crippen LogP contribution in [0.15, 0.2) is 29.0 Å². The summed E-state index contributed by atoms with van der Waals surface area (Å²) in [5.74, 6) is 0.515. The van der Waals surface area contributed by atoms with Crippen LogP contribution in [-0.4, -0.2) is 12.3 Å². The summed E-state index contributed by atoms with van der Waals surface area (Å²) in [7, 11) is 0. The fourth-order valence-electron chi connectivity index (χ4n) is 2.99. The Bertz CT molecular complexity index is 390. The molecule has 1 unspecified atom stereocenters. The van der Waals surface area contributed by atoms with Gasteiger partial charge in [0.25, 0.3) is 0 Å². The van der Waals surface area contributed by atoms with E-state index in [9.17, 15) is 0 Å². The molecule has 1 atom stereocenters. The standard InChI is InChI=1S/C19H33NO/c1-6-7-8-9-15-21-20-17(3)12-13-18-16(2)11-10-14-19(18,4)5/h11-13,18H,6-10,14-15H2,1-5H3/b13-12+,20-17-. The molecule has 1 rings (SSSR count). The highest BCUT2D eigenvalue weighted by atomic mass is 16.6. The van der Waals surface area contributed by atoms with Crippen LogP contribution >= 0.6 is 0 Å². The van der Waals surface area contributed by atoms with Crippen LogP contribution in [0.1, 0.15) is 73.1 Å². The van der Waals surface area contributed by atoms with Crippen LogP contribution in [0.4, 0.5) is 0 Å². The van der Waals surface area contributed by atoms with Gasteiger partial charge in [0.15, 0.2) is 0 Å².